The van der Waals surface area contributed by atoms with Gasteiger partial charge in [0.15, 0.2) is 0 Å². The third kappa shape index (κ3) is 2.26. The Balaban J connectivity index is 2.73. The first-order valence-electron chi connectivity index (χ1n) is 1.00. The van der Waals surface area contributed by atoms with E-state index in [-0.39, 0.29) is 0 Å². The van der Waals surface area contributed by atoms with Crippen molar-refractivity contribution in [3.05, 3.63) is 0 Å². The molecule has 0 unspecified atom stereocenters. The molecule has 4 heteroatoms. The van der Waals surface area contributed by atoms with Gasteiger partial charge in [-0.05, 0) is 0 Å². The van der Waals surface area contributed by atoms with Crippen molar-refractivity contribution < 1.29 is 0 Å². The van der Waals surface area contributed by atoms with E-state index in [4.69, 9.17) is 14.7 Å². The molecule has 0 aromatic rings. The second-order valence-corrected chi connectivity index (χ2v) is 0.385. The van der Waals surface area contributed by atoms with Crippen LogP contribution in [-0.4, -0.2) is 28.1 Å². The average Bonchev–Trinajstić information content (AvgIpc) is 1.37. The standard InChI is InChI=1S/B4/c1-3-4-2. The predicted molar refractivity (Wildman–Crippen MR) is 23.0 cm³/mol. The topological polar surface area (TPSA) is 0 Å². The molecule has 0 amide bonds. The molecule has 2 radical (unpaired) electrons. The second-order valence-electron chi connectivity index (χ2n) is 0.385. The molecule has 0 spiro atoms. The second kappa shape index (κ2) is 3.26. The summed E-state index contributed by atoms with van der Waals surface area (Å²) in [7, 11) is 9.44. The van der Waals surface area contributed by atoms with Gasteiger partial charge in [-0.25, -0.2) is 0 Å². The molecule has 0 atom stereocenters. The van der Waals surface area contributed by atoms with Gasteiger partial charge in [0.25, 0.3) is 0 Å². The van der Waals surface area contributed by atoms with Gasteiger partial charge >= 0.3 is 28.1 Å². The summed E-state index contributed by atoms with van der Waals surface area (Å²) in [6, 6.07) is 0. The molecule has 0 nitrogen and oxygen atoms in total. The molecule has 0 bridgehead atoms. The SMILES string of the molecule is [B]=BB=[B]. The molecule has 0 aliphatic carbocycles. The van der Waals surface area contributed by atoms with Gasteiger partial charge in [-0.2, -0.15) is 0 Å². The normalized spacial score (nSPS) is 2.50. The fourth-order valence-electron chi connectivity index (χ4n) is 0. The summed E-state index contributed by atoms with van der Waals surface area (Å²) in [6.07, 6.45) is 0. The Labute approximate surface area is 29.1 Å². The summed E-state index contributed by atoms with van der Waals surface area (Å²) in [5.41, 5.74) is 0. The van der Waals surface area contributed by atoms with Crippen molar-refractivity contribution >= 4 is 28.1 Å². The maximum absolute atomic E-state index is 4.72. The van der Waals surface area contributed by atoms with E-state index in [2.05, 4.69) is 0 Å². The van der Waals surface area contributed by atoms with Crippen molar-refractivity contribution in [3.8, 4) is 0 Å². The van der Waals surface area contributed by atoms with Gasteiger partial charge in [-0.15, -0.1) is 0 Å². The molecule has 12 valence electrons. The summed E-state index contributed by atoms with van der Waals surface area (Å²) in [6.45, 7) is 2.56. The minimum absolute atomic E-state index is 1.28. The predicted octanol–water partition coefficient (Wildman–Crippen LogP) is -1.52. The van der Waals surface area contributed by atoms with Crippen LogP contribution in [0.1, 0.15) is 0 Å². The first-order valence-corrected chi connectivity index (χ1v) is 1.00. The number of rotatable bonds is 1. The molecule has 0 saturated heterocycles. The Kier molecular flexibility index (Phi) is 3.47. The maximum atomic E-state index is 4.72. The van der Waals surface area contributed by atoms with Crippen LogP contribution in [0.15, 0.2) is 0 Å². The molecular formula is B4. The number of hydrogen-bond donors (Lipinski definition) is 0. The van der Waals surface area contributed by atoms with E-state index in [1.54, 1.807) is 0 Å². The zero-order valence-electron chi connectivity index (χ0n) is 2.31. The first-order chi connectivity index (χ1) is 1.91. The van der Waals surface area contributed by atoms with Crippen LogP contribution in [0.4, 0.5) is 0 Å². The van der Waals surface area contributed by atoms with Crippen molar-refractivity contribution in [3.63, 3.8) is 0 Å². The van der Waals surface area contributed by atoms with Gasteiger partial charge < -0.3 is 0 Å². The van der Waals surface area contributed by atoms with Crippen LogP contribution in [0, 0.1) is 0 Å². The van der Waals surface area contributed by atoms with E-state index in [1.165, 1.54) is 13.4 Å². The summed E-state index contributed by atoms with van der Waals surface area (Å²) in [5, 5.41) is 0. The molecule has 0 saturated carbocycles. The van der Waals surface area contributed by atoms with E-state index in [1.807, 2.05) is 0 Å². The average molecular weight is 43.2 g/mol. The van der Waals surface area contributed by atoms with Gasteiger partial charge in [0, 0.05) is 0 Å². The minimum atomic E-state index is 1.28. The van der Waals surface area contributed by atoms with E-state index < -0.39 is 0 Å². The van der Waals surface area contributed by atoms with Crippen LogP contribution < -0.4 is 0 Å². The van der Waals surface area contributed by atoms with Crippen LogP contribution in [-0.2, 0) is 0 Å². The van der Waals surface area contributed by atoms with Gasteiger partial charge in [0.1, 0.15) is 0 Å². The fourth-order valence-corrected chi connectivity index (χ4v) is 0. The molecular weight excluding hydrogens is 43.2 g/mol. The third-order valence-corrected chi connectivity index (χ3v) is 0.111. The van der Waals surface area contributed by atoms with Crippen molar-refractivity contribution in [1.29, 1.82) is 0 Å². The van der Waals surface area contributed by atoms with Crippen molar-refractivity contribution in [1.82, 2.24) is 0 Å². The van der Waals surface area contributed by atoms with Gasteiger partial charge in [-0.3, -0.25) is 0 Å². The molecule has 0 aliphatic rings. The molecule has 0 aromatic carbocycles. The molecule has 0 aromatic heterocycles. The Bertz CT molecular complexity index is 21.0. The van der Waals surface area contributed by atoms with Gasteiger partial charge in [0.2, 0.25) is 0 Å². The van der Waals surface area contributed by atoms with Crippen LogP contribution in [0.2, 0.25) is 0 Å². The molecule has 0 rings (SSSR count). The van der Waals surface area contributed by atoms with E-state index in [0.29, 0.717) is 0 Å². The molecule has 0 heterocycles. The molecule has 0 fully saturated rings. The fraction of sp³-hybridized carbons (Fsp3) is 0. The van der Waals surface area contributed by atoms with Gasteiger partial charge in [-0.1, -0.05) is 0 Å². The summed E-state index contributed by atoms with van der Waals surface area (Å²) in [5.74, 6) is 0. The van der Waals surface area contributed by atoms with Crippen LogP contribution in [0.25, 0.3) is 0 Å². The van der Waals surface area contributed by atoms with Crippen LogP contribution >= 0.6 is 0 Å². The zero-order valence-corrected chi connectivity index (χ0v) is 2.31. The van der Waals surface area contributed by atoms with Crippen LogP contribution in [0.5, 0.6) is 0 Å². The molecule has 4 heavy (non-hydrogen) atoms. The van der Waals surface area contributed by atoms with E-state index >= 15 is 0 Å². The monoisotopic (exact) mass is 44.0 g/mol. The van der Waals surface area contributed by atoms with E-state index in [9.17, 15) is 0 Å². The Morgan fingerprint density at radius 2 is 1.25 bits per heavy atom. The Morgan fingerprint density at radius 1 is 1.00 bits per heavy atom. The van der Waals surface area contributed by atoms with E-state index in [0.717, 1.165) is 0 Å². The Morgan fingerprint density at radius 3 is 1.25 bits per heavy atom. The first kappa shape index (κ1) is 4.26. The number of hydrogen-bond acceptors (Lipinski definition) is 0. The molecule has 0 N–H and O–H groups in total. The van der Waals surface area contributed by atoms with Crippen molar-refractivity contribution in [2.24, 2.45) is 0 Å². The summed E-state index contributed by atoms with van der Waals surface area (Å²) < 4.78 is 0. The Hall–Kier alpha value is 0.260. The zero-order chi connectivity index (χ0) is 3.41. The van der Waals surface area contributed by atoms with Crippen molar-refractivity contribution in [2.75, 3.05) is 0 Å². The summed E-state index contributed by atoms with van der Waals surface area (Å²) in [4.78, 5) is 0. The molecule has 0 aliphatic heterocycles. The van der Waals surface area contributed by atoms with Crippen molar-refractivity contribution in [2.45, 2.75) is 0 Å². The quantitative estimate of drug-likeness (QED) is 0.313. The summed E-state index contributed by atoms with van der Waals surface area (Å²) >= 11 is 0. The third-order valence-electron chi connectivity index (χ3n) is 0.111. The van der Waals surface area contributed by atoms with Gasteiger partial charge in [0.05, 0.1) is 0 Å². The van der Waals surface area contributed by atoms with Crippen LogP contribution in [0.3, 0.4) is 0 Å².